The molecular weight excluding hydrogens is 523 g/mol. The van der Waals surface area contributed by atoms with Crippen LogP contribution < -0.4 is 5.73 Å². The van der Waals surface area contributed by atoms with Crippen LogP contribution in [0, 0.1) is 3.80 Å². The number of H-pyrrole nitrogens is 1. The van der Waals surface area contributed by atoms with Gasteiger partial charge in [0.05, 0.1) is 0 Å². The van der Waals surface area contributed by atoms with E-state index in [9.17, 15) is 0 Å². The fourth-order valence-electron chi connectivity index (χ4n) is 2.59. The first kappa shape index (κ1) is 17.8. The Morgan fingerprint density at radius 1 is 1.27 bits per heavy atom. The SMILES string of the molecule is Cn1[nH]c(C2CCCCC2)n[c]1=[Pt].NCc1ccc(Br)cc1. The molecule has 0 unspecified atom stereocenters. The minimum Gasteiger partial charge on any atom is -0.326 e. The van der Waals surface area contributed by atoms with Crippen LogP contribution in [-0.2, 0) is 32.9 Å². The van der Waals surface area contributed by atoms with Crippen molar-refractivity contribution in [1.29, 1.82) is 0 Å². The Morgan fingerprint density at radius 3 is 2.41 bits per heavy atom. The Labute approximate surface area is 151 Å². The third-order valence-electron chi connectivity index (χ3n) is 3.88. The van der Waals surface area contributed by atoms with E-state index in [2.05, 4.69) is 45.4 Å². The van der Waals surface area contributed by atoms with Crippen LogP contribution in [0.5, 0.6) is 0 Å². The van der Waals surface area contributed by atoms with E-state index in [1.807, 2.05) is 36.0 Å². The predicted octanol–water partition coefficient (Wildman–Crippen LogP) is 3.78. The van der Waals surface area contributed by atoms with Gasteiger partial charge in [-0.2, -0.15) is 0 Å². The second-order valence-electron chi connectivity index (χ2n) is 5.57. The van der Waals surface area contributed by atoms with Gasteiger partial charge in [0.1, 0.15) is 0 Å². The molecule has 2 aromatic rings. The third-order valence-corrected chi connectivity index (χ3v) is 5.43. The average Bonchev–Trinajstić information content (AvgIpc) is 2.89. The Kier molecular flexibility index (Phi) is 7.25. The molecule has 0 aliphatic heterocycles. The molecule has 3 N–H and O–H groups in total. The van der Waals surface area contributed by atoms with Gasteiger partial charge in [-0.05, 0) is 17.7 Å². The van der Waals surface area contributed by atoms with Crippen LogP contribution in [0.1, 0.15) is 49.4 Å². The second-order valence-corrected chi connectivity index (χ2v) is 7.51. The number of halogens is 1. The smallest absolute Gasteiger partial charge is 0.0178 e. The van der Waals surface area contributed by atoms with Gasteiger partial charge in [0.25, 0.3) is 0 Å². The van der Waals surface area contributed by atoms with Crippen molar-refractivity contribution in [3.8, 4) is 0 Å². The molecule has 1 aliphatic carbocycles. The summed E-state index contributed by atoms with van der Waals surface area (Å²) < 4.78 is 4.14. The summed E-state index contributed by atoms with van der Waals surface area (Å²) >= 11 is 5.58. The Balaban J connectivity index is 0.000000172. The fraction of sp³-hybridized carbons (Fsp3) is 0.500. The summed E-state index contributed by atoms with van der Waals surface area (Å²) in [5, 5.41) is 3.31. The molecular formula is C16H23BrN4Pt. The van der Waals surface area contributed by atoms with E-state index in [-0.39, 0.29) is 0 Å². The molecule has 4 nitrogen and oxygen atoms in total. The summed E-state index contributed by atoms with van der Waals surface area (Å²) in [5.41, 5.74) is 6.55. The number of aromatic nitrogens is 3. The molecule has 0 radical (unpaired) electrons. The van der Waals surface area contributed by atoms with Crippen LogP contribution in [-0.4, -0.2) is 14.8 Å². The summed E-state index contributed by atoms with van der Waals surface area (Å²) in [6, 6.07) is 7.98. The topological polar surface area (TPSA) is 59.6 Å². The summed E-state index contributed by atoms with van der Waals surface area (Å²) in [5.74, 6) is 1.87. The van der Waals surface area contributed by atoms with Crippen molar-refractivity contribution in [2.75, 3.05) is 0 Å². The van der Waals surface area contributed by atoms with Gasteiger partial charge in [-0.3, -0.25) is 0 Å². The van der Waals surface area contributed by atoms with Crippen LogP contribution in [0.25, 0.3) is 0 Å². The summed E-state index contributed by atoms with van der Waals surface area (Å²) in [6.07, 6.45) is 6.76. The van der Waals surface area contributed by atoms with Crippen molar-refractivity contribution in [2.45, 2.75) is 44.6 Å². The van der Waals surface area contributed by atoms with E-state index in [1.54, 1.807) is 0 Å². The maximum Gasteiger partial charge on any atom is 0.0178 e. The zero-order valence-electron chi connectivity index (χ0n) is 12.8. The Hall–Kier alpha value is -0.512. The van der Waals surface area contributed by atoms with Gasteiger partial charge in [-0.25, -0.2) is 0 Å². The van der Waals surface area contributed by atoms with Crippen LogP contribution in [0.3, 0.4) is 0 Å². The molecule has 0 amide bonds. The summed E-state index contributed by atoms with van der Waals surface area (Å²) in [7, 11) is 2.02. The summed E-state index contributed by atoms with van der Waals surface area (Å²) in [4.78, 5) is 4.53. The first-order valence-electron chi connectivity index (χ1n) is 7.63. The van der Waals surface area contributed by atoms with E-state index in [4.69, 9.17) is 5.73 Å². The number of nitrogens with one attached hydrogen (secondary N) is 1. The monoisotopic (exact) mass is 545 g/mol. The van der Waals surface area contributed by atoms with Crippen molar-refractivity contribution < 1.29 is 19.4 Å². The van der Waals surface area contributed by atoms with Gasteiger partial charge in [0, 0.05) is 11.0 Å². The molecule has 22 heavy (non-hydrogen) atoms. The molecule has 1 aliphatic rings. The van der Waals surface area contributed by atoms with Gasteiger partial charge >= 0.3 is 88.8 Å². The molecule has 6 heteroatoms. The quantitative estimate of drug-likeness (QED) is 0.603. The van der Waals surface area contributed by atoms with Crippen molar-refractivity contribution in [3.05, 3.63) is 43.9 Å². The van der Waals surface area contributed by atoms with E-state index in [0.717, 1.165) is 8.28 Å². The molecule has 3 rings (SSSR count). The summed E-state index contributed by atoms with van der Waals surface area (Å²) in [6.45, 7) is 0.618. The number of rotatable bonds is 2. The number of nitrogens with two attached hydrogens (primary N) is 1. The number of aromatic amines is 1. The van der Waals surface area contributed by atoms with Gasteiger partial charge < -0.3 is 5.73 Å². The fourth-order valence-corrected chi connectivity index (χ4v) is 3.25. The first-order valence-corrected chi connectivity index (χ1v) is 9.56. The standard InChI is InChI=1S/C9H15N3.C7H8BrN.Pt/c1-12-7-10-9(11-12)8-5-3-2-4-6-8;8-7-3-1-6(5-9)2-4-7;/h8H,2-6H2,1H3,(H,10,11);1-4H,5,9H2;. The molecule has 0 bridgehead atoms. The third kappa shape index (κ3) is 5.29. The molecule has 0 saturated heterocycles. The first-order chi connectivity index (χ1) is 10.6. The molecule has 1 aromatic heterocycles. The van der Waals surface area contributed by atoms with Crippen molar-refractivity contribution in [2.24, 2.45) is 12.8 Å². The molecule has 1 aromatic carbocycles. The molecule has 1 saturated carbocycles. The number of nitrogens with zero attached hydrogens (tertiary/aromatic N) is 2. The minimum atomic E-state index is 0.618. The zero-order valence-corrected chi connectivity index (χ0v) is 16.7. The van der Waals surface area contributed by atoms with Gasteiger partial charge in [0.2, 0.25) is 0 Å². The molecule has 1 heterocycles. The van der Waals surface area contributed by atoms with E-state index in [1.165, 1.54) is 43.5 Å². The second kappa shape index (κ2) is 8.95. The Bertz CT molecular complexity index is 626. The van der Waals surface area contributed by atoms with Crippen LogP contribution in [0.2, 0.25) is 0 Å². The average molecular weight is 546 g/mol. The number of hydrogen-bond donors (Lipinski definition) is 2. The van der Waals surface area contributed by atoms with Crippen molar-refractivity contribution in [1.82, 2.24) is 14.8 Å². The molecule has 0 atom stereocenters. The Morgan fingerprint density at radius 2 is 1.91 bits per heavy atom. The van der Waals surface area contributed by atoms with Crippen molar-refractivity contribution >= 4 is 15.9 Å². The number of aryl methyl sites for hydroxylation is 1. The van der Waals surface area contributed by atoms with Crippen LogP contribution in [0.4, 0.5) is 0 Å². The van der Waals surface area contributed by atoms with Crippen LogP contribution >= 0.6 is 15.9 Å². The predicted molar refractivity (Wildman–Crippen MR) is 88.7 cm³/mol. The van der Waals surface area contributed by atoms with Gasteiger partial charge in [-0.15, -0.1) is 0 Å². The zero-order chi connectivity index (χ0) is 15.9. The molecule has 0 spiro atoms. The van der Waals surface area contributed by atoms with Gasteiger partial charge in [0.15, 0.2) is 0 Å². The largest absolute Gasteiger partial charge is 0.326 e. The van der Waals surface area contributed by atoms with E-state index < -0.39 is 0 Å². The molecule has 1 fully saturated rings. The maximum atomic E-state index is 5.38. The van der Waals surface area contributed by atoms with Crippen molar-refractivity contribution in [3.63, 3.8) is 0 Å². The van der Waals surface area contributed by atoms with E-state index >= 15 is 0 Å². The number of hydrogen-bond acceptors (Lipinski definition) is 2. The molecule has 124 valence electrons. The normalized spacial score (nSPS) is 15.3. The maximum absolute atomic E-state index is 5.38. The van der Waals surface area contributed by atoms with Gasteiger partial charge in [-0.1, -0.05) is 28.1 Å². The van der Waals surface area contributed by atoms with E-state index in [0.29, 0.717) is 12.5 Å². The number of benzene rings is 1. The van der Waals surface area contributed by atoms with Crippen LogP contribution in [0.15, 0.2) is 28.7 Å². The minimum absolute atomic E-state index is 0.618.